The minimum absolute atomic E-state index is 0.0961. The average molecular weight is 263 g/mol. The van der Waals surface area contributed by atoms with E-state index in [0.717, 1.165) is 5.69 Å². The molecule has 0 aliphatic heterocycles. The van der Waals surface area contributed by atoms with E-state index >= 15 is 0 Å². The minimum Gasteiger partial charge on any atom is -0.355 e. The third-order valence-corrected chi connectivity index (χ3v) is 2.34. The molecule has 0 fully saturated rings. The number of rotatable bonds is 7. The number of hydrogen-bond acceptors (Lipinski definition) is 3. The Morgan fingerprint density at radius 2 is 1.68 bits per heavy atom. The average Bonchev–Trinajstić information content (AvgIpc) is 2.37. The second kappa shape index (κ2) is 8.26. The van der Waals surface area contributed by atoms with Crippen molar-refractivity contribution in [3.63, 3.8) is 0 Å². The Morgan fingerprint density at radius 1 is 1.05 bits per heavy atom. The molecule has 3 N–H and O–H groups in total. The molecule has 1 aromatic rings. The number of hydrogen-bond donors (Lipinski definition) is 3. The largest absolute Gasteiger partial charge is 0.355 e. The van der Waals surface area contributed by atoms with Crippen molar-refractivity contribution in [3.05, 3.63) is 30.3 Å². The predicted molar refractivity (Wildman–Crippen MR) is 75.8 cm³/mol. The fourth-order valence-electron chi connectivity index (χ4n) is 1.40. The van der Waals surface area contributed by atoms with Crippen molar-refractivity contribution in [1.82, 2.24) is 10.6 Å². The molecule has 0 aliphatic carbocycles. The Balaban J connectivity index is 2.15. The normalized spacial score (nSPS) is 10.3. The van der Waals surface area contributed by atoms with Gasteiger partial charge in [0.15, 0.2) is 0 Å². The van der Waals surface area contributed by atoms with E-state index in [2.05, 4.69) is 16.0 Å². The molecule has 0 aliphatic rings. The van der Waals surface area contributed by atoms with Gasteiger partial charge in [0.25, 0.3) is 0 Å². The maximum Gasteiger partial charge on any atom is 0.238 e. The van der Waals surface area contributed by atoms with Crippen molar-refractivity contribution in [2.45, 2.75) is 13.8 Å². The molecule has 0 saturated heterocycles. The van der Waals surface area contributed by atoms with E-state index in [1.54, 1.807) is 0 Å². The highest BCUT2D eigenvalue weighted by atomic mass is 16.2. The highest BCUT2D eigenvalue weighted by Gasteiger charge is 2.04. The van der Waals surface area contributed by atoms with Crippen LogP contribution >= 0.6 is 0 Å². The molecular weight excluding hydrogens is 242 g/mol. The van der Waals surface area contributed by atoms with Crippen LogP contribution in [0, 0.1) is 5.92 Å². The van der Waals surface area contributed by atoms with Gasteiger partial charge in [-0.15, -0.1) is 0 Å². The summed E-state index contributed by atoms with van der Waals surface area (Å²) in [5.41, 5.74) is 0.749. The zero-order chi connectivity index (χ0) is 14.1. The van der Waals surface area contributed by atoms with Gasteiger partial charge in [0.1, 0.15) is 0 Å². The van der Waals surface area contributed by atoms with Gasteiger partial charge in [-0.25, -0.2) is 0 Å². The van der Waals surface area contributed by atoms with E-state index in [1.165, 1.54) is 0 Å². The number of amides is 2. The van der Waals surface area contributed by atoms with Crippen molar-refractivity contribution >= 4 is 17.5 Å². The Hall–Kier alpha value is -1.88. The summed E-state index contributed by atoms with van der Waals surface area (Å²) < 4.78 is 0. The first-order valence-corrected chi connectivity index (χ1v) is 6.40. The van der Waals surface area contributed by atoms with Gasteiger partial charge in [-0.2, -0.15) is 0 Å². The van der Waals surface area contributed by atoms with Crippen LogP contribution in [-0.2, 0) is 9.59 Å². The van der Waals surface area contributed by atoms with Gasteiger partial charge in [0.05, 0.1) is 13.1 Å². The van der Waals surface area contributed by atoms with Gasteiger partial charge < -0.3 is 10.6 Å². The number of benzene rings is 1. The maximum absolute atomic E-state index is 11.6. The topological polar surface area (TPSA) is 70.2 Å². The summed E-state index contributed by atoms with van der Waals surface area (Å²) in [7, 11) is 0. The van der Waals surface area contributed by atoms with Crippen LogP contribution < -0.4 is 16.0 Å². The smallest absolute Gasteiger partial charge is 0.238 e. The number of carbonyl (C=O) groups excluding carboxylic acids is 2. The second-order valence-electron chi connectivity index (χ2n) is 4.72. The van der Waals surface area contributed by atoms with Gasteiger partial charge in [0.2, 0.25) is 11.8 Å². The van der Waals surface area contributed by atoms with E-state index in [0.29, 0.717) is 12.5 Å². The molecule has 0 radical (unpaired) electrons. The molecule has 5 heteroatoms. The number of para-hydroxylation sites is 1. The van der Waals surface area contributed by atoms with Crippen LogP contribution in [0.15, 0.2) is 30.3 Å². The zero-order valence-electron chi connectivity index (χ0n) is 11.4. The van der Waals surface area contributed by atoms with Crippen LogP contribution in [0.4, 0.5) is 5.69 Å². The van der Waals surface area contributed by atoms with Gasteiger partial charge in [0, 0.05) is 12.2 Å². The molecule has 0 atom stereocenters. The number of carbonyl (C=O) groups is 2. The molecule has 1 rings (SSSR count). The lowest BCUT2D eigenvalue weighted by molar-refractivity contribution is -0.120. The summed E-state index contributed by atoms with van der Waals surface area (Å²) in [6, 6.07) is 9.21. The van der Waals surface area contributed by atoms with E-state index in [1.807, 2.05) is 44.2 Å². The second-order valence-corrected chi connectivity index (χ2v) is 4.72. The van der Waals surface area contributed by atoms with E-state index in [-0.39, 0.29) is 24.9 Å². The quantitative estimate of drug-likeness (QED) is 0.687. The van der Waals surface area contributed by atoms with Crippen molar-refractivity contribution in [2.75, 3.05) is 25.0 Å². The van der Waals surface area contributed by atoms with Crippen molar-refractivity contribution < 1.29 is 9.59 Å². The van der Waals surface area contributed by atoms with Crippen molar-refractivity contribution in [2.24, 2.45) is 5.92 Å². The molecule has 0 unspecified atom stereocenters. The molecule has 0 saturated carbocycles. The van der Waals surface area contributed by atoms with Crippen LogP contribution in [0.5, 0.6) is 0 Å². The molecule has 1 aromatic carbocycles. The highest BCUT2D eigenvalue weighted by Crippen LogP contribution is 2.03. The molecule has 0 bridgehead atoms. The Morgan fingerprint density at radius 3 is 2.32 bits per heavy atom. The Labute approximate surface area is 113 Å². The minimum atomic E-state index is -0.164. The molecule has 5 nitrogen and oxygen atoms in total. The third-order valence-electron chi connectivity index (χ3n) is 2.34. The summed E-state index contributed by atoms with van der Waals surface area (Å²) >= 11 is 0. The molecule has 19 heavy (non-hydrogen) atoms. The molecule has 0 spiro atoms. The highest BCUT2D eigenvalue weighted by molar-refractivity contribution is 5.92. The predicted octanol–water partition coefficient (Wildman–Crippen LogP) is 0.987. The third kappa shape index (κ3) is 7.21. The molecular formula is C14H21N3O2. The number of anilines is 1. The Kier molecular flexibility index (Phi) is 6.60. The summed E-state index contributed by atoms with van der Waals surface area (Å²) in [5, 5.41) is 8.31. The van der Waals surface area contributed by atoms with Crippen molar-refractivity contribution in [3.8, 4) is 0 Å². The van der Waals surface area contributed by atoms with Crippen LogP contribution in [-0.4, -0.2) is 31.4 Å². The van der Waals surface area contributed by atoms with E-state index in [9.17, 15) is 9.59 Å². The monoisotopic (exact) mass is 263 g/mol. The van der Waals surface area contributed by atoms with Crippen LogP contribution in [0.3, 0.4) is 0 Å². The lowest BCUT2D eigenvalue weighted by Gasteiger charge is -2.09. The lowest BCUT2D eigenvalue weighted by Crippen LogP contribution is -2.38. The van der Waals surface area contributed by atoms with Crippen molar-refractivity contribution in [1.29, 1.82) is 0 Å². The van der Waals surface area contributed by atoms with Gasteiger partial charge in [-0.3, -0.25) is 14.9 Å². The SMILES string of the molecule is CC(C)CNC(=O)CNCC(=O)Nc1ccccc1. The van der Waals surface area contributed by atoms with Gasteiger partial charge in [-0.05, 0) is 18.1 Å². The summed E-state index contributed by atoms with van der Waals surface area (Å²) in [5.74, 6) is 0.161. The summed E-state index contributed by atoms with van der Waals surface area (Å²) in [6.45, 7) is 4.97. The fourth-order valence-corrected chi connectivity index (χ4v) is 1.40. The summed E-state index contributed by atoms with van der Waals surface area (Å²) in [6.07, 6.45) is 0. The standard InChI is InChI=1S/C14H21N3O2/c1-11(2)8-16-13(18)9-15-10-14(19)17-12-6-4-3-5-7-12/h3-7,11,15H,8-10H2,1-2H3,(H,16,18)(H,17,19). The van der Waals surface area contributed by atoms with Crippen LogP contribution in [0.25, 0.3) is 0 Å². The molecule has 0 aromatic heterocycles. The number of nitrogens with one attached hydrogen (secondary N) is 3. The first-order chi connectivity index (χ1) is 9.08. The van der Waals surface area contributed by atoms with Crippen LogP contribution in [0.2, 0.25) is 0 Å². The molecule has 104 valence electrons. The summed E-state index contributed by atoms with van der Waals surface area (Å²) in [4.78, 5) is 22.9. The van der Waals surface area contributed by atoms with Gasteiger partial charge in [-0.1, -0.05) is 32.0 Å². The maximum atomic E-state index is 11.6. The fraction of sp³-hybridized carbons (Fsp3) is 0.429. The van der Waals surface area contributed by atoms with Gasteiger partial charge >= 0.3 is 0 Å². The Bertz CT molecular complexity index is 404. The first kappa shape index (κ1) is 15.2. The zero-order valence-corrected chi connectivity index (χ0v) is 11.4. The van der Waals surface area contributed by atoms with Crippen LogP contribution in [0.1, 0.15) is 13.8 Å². The first-order valence-electron chi connectivity index (χ1n) is 6.40. The lowest BCUT2D eigenvalue weighted by atomic mass is 10.2. The van der Waals surface area contributed by atoms with E-state index in [4.69, 9.17) is 0 Å². The molecule has 2 amide bonds. The molecule has 0 heterocycles. The van der Waals surface area contributed by atoms with E-state index < -0.39 is 0 Å².